The molecule has 0 saturated carbocycles. The number of hydrogen-bond donors (Lipinski definition) is 2. The van der Waals surface area contributed by atoms with Gasteiger partial charge in [0.2, 0.25) is 0 Å². The molecular weight excluding hydrogens is 298 g/mol. The van der Waals surface area contributed by atoms with E-state index in [1.54, 1.807) is 7.11 Å². The smallest absolute Gasteiger partial charge is 0.253 e. The number of ether oxygens (including phenoxy) is 1. The molecule has 1 amide bonds. The monoisotopic (exact) mass is 315 g/mol. The lowest BCUT2D eigenvalue weighted by atomic mass is 10.0. The van der Waals surface area contributed by atoms with Crippen molar-refractivity contribution < 1.29 is 14.6 Å². The van der Waals surface area contributed by atoms with Crippen molar-refractivity contribution in [2.75, 3.05) is 12.4 Å². The lowest BCUT2D eigenvalue weighted by molar-refractivity contribution is -0.123. The fourth-order valence-electron chi connectivity index (χ4n) is 1.72. The molecule has 0 fully saturated rings. The van der Waals surface area contributed by atoms with Gasteiger partial charge in [-0.3, -0.25) is 4.79 Å². The van der Waals surface area contributed by atoms with Gasteiger partial charge in [-0.1, -0.05) is 15.9 Å². The maximum absolute atomic E-state index is 11.6. The number of carbonyl (C=O) groups is 1. The minimum absolute atomic E-state index is 0.452. The second kappa shape index (κ2) is 5.71. The second-order valence-corrected chi connectivity index (χ2v) is 5.06. The highest BCUT2D eigenvalue weighted by Gasteiger charge is 2.19. The first-order chi connectivity index (χ1) is 8.31. The van der Waals surface area contributed by atoms with E-state index in [1.165, 1.54) is 6.92 Å². The van der Waals surface area contributed by atoms with Crippen LogP contribution in [-0.4, -0.2) is 24.2 Å². The molecule has 2 N–H and O–H groups in total. The Kier molecular flexibility index (Phi) is 4.76. The van der Waals surface area contributed by atoms with Crippen LogP contribution in [0.4, 0.5) is 5.69 Å². The highest BCUT2D eigenvalue weighted by atomic mass is 79.9. The van der Waals surface area contributed by atoms with E-state index in [2.05, 4.69) is 21.2 Å². The number of benzene rings is 1. The summed E-state index contributed by atoms with van der Waals surface area (Å²) in [4.78, 5) is 11.6. The molecule has 0 spiro atoms. The molecule has 1 aromatic rings. The average molecular weight is 316 g/mol. The molecule has 5 heteroatoms. The summed E-state index contributed by atoms with van der Waals surface area (Å²) in [5.74, 6) is 0.175. The van der Waals surface area contributed by atoms with Crippen LogP contribution in [0.3, 0.4) is 0 Å². The molecule has 1 unspecified atom stereocenters. The normalized spacial score (nSPS) is 12.2. The number of methoxy groups -OCH3 is 1. The van der Waals surface area contributed by atoms with Gasteiger partial charge in [0.05, 0.1) is 12.8 Å². The van der Waals surface area contributed by atoms with Crippen LogP contribution in [0.15, 0.2) is 4.47 Å². The summed E-state index contributed by atoms with van der Waals surface area (Å²) in [7, 11) is 1.56. The van der Waals surface area contributed by atoms with Crippen LogP contribution in [0, 0.1) is 20.8 Å². The van der Waals surface area contributed by atoms with Crippen molar-refractivity contribution in [2.24, 2.45) is 0 Å². The van der Waals surface area contributed by atoms with Gasteiger partial charge in [0.25, 0.3) is 5.91 Å². The van der Waals surface area contributed by atoms with Crippen LogP contribution in [0.25, 0.3) is 0 Å². The molecule has 100 valence electrons. The van der Waals surface area contributed by atoms with Crippen molar-refractivity contribution in [2.45, 2.75) is 33.8 Å². The Morgan fingerprint density at radius 1 is 1.28 bits per heavy atom. The molecular formula is C13H18BrNO3. The van der Waals surface area contributed by atoms with Crippen LogP contribution in [0.5, 0.6) is 5.75 Å². The van der Waals surface area contributed by atoms with E-state index in [0.29, 0.717) is 11.4 Å². The van der Waals surface area contributed by atoms with Crippen LogP contribution >= 0.6 is 15.9 Å². The summed E-state index contributed by atoms with van der Waals surface area (Å²) < 4.78 is 6.29. The number of carbonyl (C=O) groups excluding carboxylic acids is 1. The maximum Gasteiger partial charge on any atom is 0.253 e. The van der Waals surface area contributed by atoms with E-state index < -0.39 is 12.0 Å². The summed E-state index contributed by atoms with van der Waals surface area (Å²) in [6.45, 7) is 7.22. The topological polar surface area (TPSA) is 58.6 Å². The minimum atomic E-state index is -1.06. The molecule has 0 aliphatic heterocycles. The minimum Gasteiger partial charge on any atom is -0.494 e. The number of rotatable bonds is 3. The van der Waals surface area contributed by atoms with Gasteiger partial charge in [0.1, 0.15) is 11.9 Å². The zero-order chi connectivity index (χ0) is 14.0. The Morgan fingerprint density at radius 2 is 1.83 bits per heavy atom. The SMILES string of the molecule is COc1c(C)c(C)c(Br)c(C)c1NC(=O)C(C)O. The van der Waals surface area contributed by atoms with Crippen molar-refractivity contribution in [3.8, 4) is 5.75 Å². The van der Waals surface area contributed by atoms with Crippen LogP contribution in [-0.2, 0) is 4.79 Å². The van der Waals surface area contributed by atoms with Crippen molar-refractivity contribution in [3.63, 3.8) is 0 Å². The number of anilines is 1. The Morgan fingerprint density at radius 3 is 2.28 bits per heavy atom. The molecule has 1 atom stereocenters. The molecule has 0 bridgehead atoms. The predicted octanol–water partition coefficient (Wildman–Crippen LogP) is 2.70. The van der Waals surface area contributed by atoms with E-state index in [0.717, 1.165) is 21.2 Å². The molecule has 18 heavy (non-hydrogen) atoms. The number of halogens is 1. The first-order valence-electron chi connectivity index (χ1n) is 5.63. The van der Waals surface area contributed by atoms with Gasteiger partial charge < -0.3 is 15.2 Å². The zero-order valence-electron chi connectivity index (χ0n) is 11.2. The molecule has 0 aromatic heterocycles. The van der Waals surface area contributed by atoms with Crippen molar-refractivity contribution in [3.05, 3.63) is 21.2 Å². The fourth-order valence-corrected chi connectivity index (χ4v) is 2.21. The molecule has 1 rings (SSSR count). The number of aliphatic hydroxyl groups excluding tert-OH is 1. The Labute approximate surface area is 115 Å². The molecule has 0 aliphatic rings. The Bertz CT molecular complexity index is 484. The van der Waals surface area contributed by atoms with Crippen LogP contribution < -0.4 is 10.1 Å². The van der Waals surface area contributed by atoms with E-state index in [4.69, 9.17) is 4.74 Å². The highest BCUT2D eigenvalue weighted by Crippen LogP contribution is 2.39. The van der Waals surface area contributed by atoms with Gasteiger partial charge in [-0.25, -0.2) is 0 Å². The van der Waals surface area contributed by atoms with E-state index in [-0.39, 0.29) is 0 Å². The summed E-state index contributed by atoms with van der Waals surface area (Å²) in [5.41, 5.74) is 3.50. The summed E-state index contributed by atoms with van der Waals surface area (Å²) in [6.07, 6.45) is -1.06. The summed E-state index contributed by atoms with van der Waals surface area (Å²) >= 11 is 3.50. The van der Waals surface area contributed by atoms with E-state index >= 15 is 0 Å². The standard InChI is InChI=1S/C13H18BrNO3/c1-6-7(2)12(18-5)11(8(3)10(6)14)15-13(17)9(4)16/h9,16H,1-5H3,(H,15,17). The first-order valence-corrected chi connectivity index (χ1v) is 6.42. The van der Waals surface area contributed by atoms with Gasteiger partial charge in [0, 0.05) is 4.47 Å². The lowest BCUT2D eigenvalue weighted by Gasteiger charge is -2.19. The number of amides is 1. The zero-order valence-corrected chi connectivity index (χ0v) is 12.8. The molecule has 1 aromatic carbocycles. The first kappa shape index (κ1) is 15.0. The van der Waals surface area contributed by atoms with E-state index in [9.17, 15) is 9.90 Å². The lowest BCUT2D eigenvalue weighted by Crippen LogP contribution is -2.25. The molecule has 0 heterocycles. The van der Waals surface area contributed by atoms with Gasteiger partial charge in [-0.2, -0.15) is 0 Å². The van der Waals surface area contributed by atoms with Crippen LogP contribution in [0.1, 0.15) is 23.6 Å². The van der Waals surface area contributed by atoms with Crippen LogP contribution in [0.2, 0.25) is 0 Å². The number of nitrogens with one attached hydrogen (secondary N) is 1. The molecule has 0 aliphatic carbocycles. The van der Waals surface area contributed by atoms with E-state index in [1.807, 2.05) is 20.8 Å². The third-order valence-corrected chi connectivity index (χ3v) is 4.18. The Hall–Kier alpha value is -1.07. The largest absolute Gasteiger partial charge is 0.494 e. The second-order valence-electron chi connectivity index (χ2n) is 4.26. The van der Waals surface area contributed by atoms with Gasteiger partial charge in [-0.15, -0.1) is 0 Å². The maximum atomic E-state index is 11.6. The van der Waals surface area contributed by atoms with Gasteiger partial charge in [-0.05, 0) is 44.4 Å². The molecule has 4 nitrogen and oxygen atoms in total. The fraction of sp³-hybridized carbons (Fsp3) is 0.462. The average Bonchev–Trinajstić information content (AvgIpc) is 2.33. The number of aliphatic hydroxyl groups is 1. The van der Waals surface area contributed by atoms with Crippen molar-refractivity contribution in [1.29, 1.82) is 0 Å². The third-order valence-electron chi connectivity index (χ3n) is 3.00. The molecule has 0 radical (unpaired) electrons. The Balaban J connectivity index is 3.38. The third kappa shape index (κ3) is 2.67. The number of hydrogen-bond acceptors (Lipinski definition) is 3. The van der Waals surface area contributed by atoms with Crippen molar-refractivity contribution in [1.82, 2.24) is 0 Å². The van der Waals surface area contributed by atoms with Gasteiger partial charge in [0.15, 0.2) is 0 Å². The van der Waals surface area contributed by atoms with Gasteiger partial charge >= 0.3 is 0 Å². The highest BCUT2D eigenvalue weighted by molar-refractivity contribution is 9.10. The predicted molar refractivity (Wildman–Crippen MR) is 75.2 cm³/mol. The molecule has 0 saturated heterocycles. The summed E-state index contributed by atoms with van der Waals surface area (Å²) in [5, 5.41) is 12.0. The van der Waals surface area contributed by atoms with Crippen molar-refractivity contribution >= 4 is 27.5 Å². The quantitative estimate of drug-likeness (QED) is 0.901. The summed E-state index contributed by atoms with van der Waals surface area (Å²) in [6, 6.07) is 0.